The molecule has 0 aliphatic carbocycles. The van der Waals surface area contributed by atoms with Crippen molar-refractivity contribution in [2.75, 3.05) is 24.6 Å². The molecule has 0 radical (unpaired) electrons. The Hall–Kier alpha value is -2.83. The van der Waals surface area contributed by atoms with Crippen LogP contribution in [0.2, 0.25) is 5.02 Å². The van der Waals surface area contributed by atoms with Crippen LogP contribution in [0.5, 0.6) is 5.75 Å². The van der Waals surface area contributed by atoms with Gasteiger partial charge in [-0.05, 0) is 44.2 Å². The topological polar surface area (TPSA) is 77.6 Å². The Morgan fingerprint density at radius 2 is 1.90 bits per heavy atom. The van der Waals surface area contributed by atoms with E-state index in [1.807, 2.05) is 37.3 Å². The Labute approximate surface area is 174 Å². The number of fused-ring (bicyclic) bond motifs is 1. The molecule has 2 N–H and O–H groups in total. The van der Waals surface area contributed by atoms with E-state index >= 15 is 0 Å². The van der Waals surface area contributed by atoms with Crippen LogP contribution in [0, 0.1) is 0 Å². The number of benzene rings is 2. The zero-order chi connectivity index (χ0) is 21.0. The lowest BCUT2D eigenvalue weighted by Crippen LogP contribution is -2.37. The fourth-order valence-corrected chi connectivity index (χ4v) is 3.55. The van der Waals surface area contributed by atoms with Gasteiger partial charge in [0.1, 0.15) is 11.3 Å². The summed E-state index contributed by atoms with van der Waals surface area (Å²) in [6, 6.07) is 14.5. The van der Waals surface area contributed by atoms with Crippen LogP contribution in [0.15, 0.2) is 53.3 Å². The van der Waals surface area contributed by atoms with Crippen LogP contribution >= 0.6 is 11.6 Å². The molecule has 1 aromatic heterocycles. The molecule has 152 valence electrons. The summed E-state index contributed by atoms with van der Waals surface area (Å²) >= 11 is 6.46. The van der Waals surface area contributed by atoms with Gasteiger partial charge in [0.15, 0.2) is 0 Å². The summed E-state index contributed by atoms with van der Waals surface area (Å²) in [4.78, 5) is 28.3. The van der Waals surface area contributed by atoms with Crippen molar-refractivity contribution in [1.29, 1.82) is 0 Å². The van der Waals surface area contributed by atoms with Crippen LogP contribution in [-0.2, 0) is 7.05 Å². The molecule has 0 atom stereocenters. The van der Waals surface area contributed by atoms with Crippen molar-refractivity contribution in [3.63, 3.8) is 0 Å². The van der Waals surface area contributed by atoms with Gasteiger partial charge in [-0.3, -0.25) is 9.59 Å². The summed E-state index contributed by atoms with van der Waals surface area (Å²) in [6.45, 7) is 2.97. The van der Waals surface area contributed by atoms with E-state index in [1.165, 1.54) is 4.57 Å². The molecule has 29 heavy (non-hydrogen) atoms. The second-order valence-electron chi connectivity index (χ2n) is 6.58. The van der Waals surface area contributed by atoms with E-state index in [4.69, 9.17) is 22.1 Å². The van der Waals surface area contributed by atoms with Gasteiger partial charge in [-0.15, -0.1) is 0 Å². The highest BCUT2D eigenvalue weighted by molar-refractivity contribution is 6.36. The molecule has 3 aromatic rings. The van der Waals surface area contributed by atoms with Crippen LogP contribution in [0.3, 0.4) is 0 Å². The number of ether oxygens (including phenoxy) is 1. The van der Waals surface area contributed by atoms with E-state index in [-0.39, 0.29) is 17.9 Å². The molecule has 3 rings (SSSR count). The van der Waals surface area contributed by atoms with Crippen molar-refractivity contribution in [1.82, 2.24) is 4.57 Å². The van der Waals surface area contributed by atoms with Crippen molar-refractivity contribution in [3.8, 4) is 5.75 Å². The number of anilines is 1. The number of nitrogens with two attached hydrogens (primary N) is 1. The maximum absolute atomic E-state index is 13.5. The number of halogens is 1. The maximum Gasteiger partial charge on any atom is 0.267 e. The van der Waals surface area contributed by atoms with Crippen LogP contribution in [0.1, 0.15) is 23.7 Å². The summed E-state index contributed by atoms with van der Waals surface area (Å²) in [5.74, 6) is -0.217. The summed E-state index contributed by atoms with van der Waals surface area (Å²) in [5, 5.41) is 0.957. The predicted octanol–water partition coefficient (Wildman–Crippen LogP) is 3.59. The lowest BCUT2D eigenvalue weighted by atomic mass is 10.1. The molecule has 0 saturated heterocycles. The number of para-hydroxylation sites is 1. The summed E-state index contributed by atoms with van der Waals surface area (Å²) < 4.78 is 7.37. The SMILES string of the molecule is CCN(C(=O)c1c(OCCCN)c2c(Cl)cccc2n(C)c1=O)c1ccccc1. The molecule has 1 amide bonds. The van der Waals surface area contributed by atoms with Gasteiger partial charge in [-0.1, -0.05) is 35.9 Å². The lowest BCUT2D eigenvalue weighted by Gasteiger charge is -2.23. The Kier molecular flexibility index (Phi) is 6.56. The maximum atomic E-state index is 13.5. The summed E-state index contributed by atoms with van der Waals surface area (Å²) in [6.07, 6.45) is 0.588. The molecule has 0 aliphatic rings. The van der Waals surface area contributed by atoms with Crippen molar-refractivity contribution in [2.45, 2.75) is 13.3 Å². The number of aromatic nitrogens is 1. The van der Waals surface area contributed by atoms with Gasteiger partial charge in [0.25, 0.3) is 11.5 Å². The minimum Gasteiger partial charge on any atom is -0.492 e. The molecule has 2 aromatic carbocycles. The van der Waals surface area contributed by atoms with Crippen molar-refractivity contribution in [2.24, 2.45) is 12.8 Å². The first-order valence-electron chi connectivity index (χ1n) is 9.52. The van der Waals surface area contributed by atoms with Crippen molar-refractivity contribution < 1.29 is 9.53 Å². The van der Waals surface area contributed by atoms with E-state index in [0.29, 0.717) is 41.1 Å². The molecule has 7 heteroatoms. The Bertz CT molecular complexity index is 1080. The number of hydrogen-bond acceptors (Lipinski definition) is 4. The van der Waals surface area contributed by atoms with Crippen LogP contribution in [0.4, 0.5) is 5.69 Å². The Morgan fingerprint density at radius 1 is 1.17 bits per heavy atom. The number of nitrogens with zero attached hydrogens (tertiary/aromatic N) is 2. The number of hydrogen-bond donors (Lipinski definition) is 1. The largest absolute Gasteiger partial charge is 0.492 e. The van der Waals surface area contributed by atoms with E-state index in [0.717, 1.165) is 0 Å². The number of rotatable bonds is 7. The zero-order valence-corrected chi connectivity index (χ0v) is 17.3. The third-order valence-electron chi connectivity index (χ3n) is 4.76. The Morgan fingerprint density at radius 3 is 2.55 bits per heavy atom. The van der Waals surface area contributed by atoms with Gasteiger partial charge in [-0.2, -0.15) is 0 Å². The second-order valence-corrected chi connectivity index (χ2v) is 6.99. The van der Waals surface area contributed by atoms with E-state index in [1.54, 1.807) is 30.1 Å². The number of carbonyl (C=O) groups excluding carboxylic acids is 1. The first-order chi connectivity index (χ1) is 14.0. The molecule has 0 aliphatic heterocycles. The second kappa shape index (κ2) is 9.11. The average Bonchev–Trinajstić information content (AvgIpc) is 2.73. The number of aryl methyl sites for hydroxylation is 1. The lowest BCUT2D eigenvalue weighted by molar-refractivity contribution is 0.0982. The highest BCUT2D eigenvalue weighted by Crippen LogP contribution is 2.34. The van der Waals surface area contributed by atoms with Crippen molar-refractivity contribution in [3.05, 3.63) is 69.5 Å². The third kappa shape index (κ3) is 3.99. The third-order valence-corrected chi connectivity index (χ3v) is 5.08. The minimum absolute atomic E-state index is 0.0316. The molecule has 0 spiro atoms. The quantitative estimate of drug-likeness (QED) is 0.600. The number of pyridine rings is 1. The van der Waals surface area contributed by atoms with Crippen molar-refractivity contribution >= 4 is 34.1 Å². The Balaban J connectivity index is 2.26. The molecule has 0 bridgehead atoms. The van der Waals surface area contributed by atoms with Gasteiger partial charge in [0.2, 0.25) is 0 Å². The predicted molar refractivity (Wildman–Crippen MR) is 117 cm³/mol. The van der Waals surface area contributed by atoms with Gasteiger partial charge in [-0.25, -0.2) is 0 Å². The van der Waals surface area contributed by atoms with Crippen LogP contribution in [0.25, 0.3) is 10.9 Å². The number of amides is 1. The molecule has 0 fully saturated rings. The highest BCUT2D eigenvalue weighted by Gasteiger charge is 2.28. The highest BCUT2D eigenvalue weighted by atomic mass is 35.5. The molecule has 6 nitrogen and oxygen atoms in total. The van der Waals surface area contributed by atoms with Crippen LogP contribution in [-0.4, -0.2) is 30.2 Å². The number of carbonyl (C=O) groups is 1. The fraction of sp³-hybridized carbons (Fsp3) is 0.273. The van der Waals surface area contributed by atoms with Gasteiger partial charge < -0.3 is 19.9 Å². The standard InChI is InChI=1S/C22H24ClN3O3/c1-3-26(15-9-5-4-6-10-15)22(28)19-20(29-14-8-13-24)18-16(23)11-7-12-17(18)25(2)21(19)27/h4-7,9-12H,3,8,13-14,24H2,1-2H3. The molecule has 1 heterocycles. The fourth-order valence-electron chi connectivity index (χ4n) is 3.29. The van der Waals surface area contributed by atoms with Gasteiger partial charge in [0.05, 0.1) is 22.5 Å². The van der Waals surface area contributed by atoms with E-state index in [2.05, 4.69) is 0 Å². The normalized spacial score (nSPS) is 10.9. The molecular weight excluding hydrogens is 390 g/mol. The minimum atomic E-state index is -0.429. The van der Waals surface area contributed by atoms with Crippen LogP contribution < -0.4 is 20.9 Å². The van der Waals surface area contributed by atoms with Gasteiger partial charge in [0, 0.05) is 19.3 Å². The molecule has 0 unspecified atom stereocenters. The smallest absolute Gasteiger partial charge is 0.267 e. The van der Waals surface area contributed by atoms with E-state index in [9.17, 15) is 9.59 Å². The monoisotopic (exact) mass is 413 g/mol. The first-order valence-corrected chi connectivity index (χ1v) is 9.90. The average molecular weight is 414 g/mol. The summed E-state index contributed by atoms with van der Waals surface area (Å²) in [5.41, 5.74) is 6.43. The molecular formula is C22H24ClN3O3. The zero-order valence-electron chi connectivity index (χ0n) is 16.5. The summed E-state index contributed by atoms with van der Waals surface area (Å²) in [7, 11) is 1.63. The van der Waals surface area contributed by atoms with Gasteiger partial charge >= 0.3 is 0 Å². The first kappa shape index (κ1) is 20.9. The van der Waals surface area contributed by atoms with E-state index < -0.39 is 11.5 Å². The molecule has 0 saturated carbocycles.